The van der Waals surface area contributed by atoms with Crippen molar-refractivity contribution in [1.82, 2.24) is 4.90 Å². The van der Waals surface area contributed by atoms with Gasteiger partial charge < -0.3 is 10.0 Å². The molecular formula is C12H13ClFNO2. The van der Waals surface area contributed by atoms with Crippen LogP contribution in [0.25, 0.3) is 0 Å². The minimum Gasteiger partial charge on any atom is -0.465 e. The summed E-state index contributed by atoms with van der Waals surface area (Å²) < 4.78 is 14.6. The summed E-state index contributed by atoms with van der Waals surface area (Å²) in [6.45, 7) is 0.441. The van der Waals surface area contributed by atoms with E-state index < -0.39 is 11.8 Å². The number of carboxylic acid groups (broad SMARTS) is 1. The van der Waals surface area contributed by atoms with Crippen molar-refractivity contribution in [2.45, 2.75) is 18.5 Å². The fourth-order valence-electron chi connectivity index (χ4n) is 2.11. The summed E-state index contributed by atoms with van der Waals surface area (Å²) in [4.78, 5) is 12.0. The predicted octanol–water partition coefficient (Wildman–Crippen LogP) is 3.28. The van der Waals surface area contributed by atoms with Gasteiger partial charge in [0.15, 0.2) is 0 Å². The second kappa shape index (κ2) is 4.53. The van der Waals surface area contributed by atoms with Crippen molar-refractivity contribution in [3.63, 3.8) is 0 Å². The Morgan fingerprint density at radius 2 is 2.06 bits per heavy atom. The maximum absolute atomic E-state index is 14.6. The molecule has 0 aliphatic carbocycles. The van der Waals surface area contributed by atoms with Gasteiger partial charge in [-0.05, 0) is 17.7 Å². The molecule has 92 valence electrons. The Kier molecular flexibility index (Phi) is 3.24. The monoisotopic (exact) mass is 257 g/mol. The van der Waals surface area contributed by atoms with E-state index in [2.05, 4.69) is 0 Å². The smallest absolute Gasteiger partial charge is 0.407 e. The molecule has 1 heterocycles. The van der Waals surface area contributed by atoms with Crippen LogP contribution in [0.4, 0.5) is 9.18 Å². The molecule has 0 aromatic heterocycles. The topological polar surface area (TPSA) is 40.5 Å². The quantitative estimate of drug-likeness (QED) is 0.839. The largest absolute Gasteiger partial charge is 0.465 e. The second-order valence-corrected chi connectivity index (χ2v) is 4.68. The molecule has 17 heavy (non-hydrogen) atoms. The fraction of sp³-hybridized carbons (Fsp3) is 0.417. The highest BCUT2D eigenvalue weighted by Crippen LogP contribution is 2.37. The van der Waals surface area contributed by atoms with Crippen LogP contribution in [0.15, 0.2) is 24.3 Å². The van der Waals surface area contributed by atoms with E-state index in [0.29, 0.717) is 10.6 Å². The van der Waals surface area contributed by atoms with E-state index in [1.54, 1.807) is 24.3 Å². The van der Waals surface area contributed by atoms with Crippen molar-refractivity contribution in [1.29, 1.82) is 0 Å². The number of hydrogen-bond donors (Lipinski definition) is 1. The Morgan fingerprint density at radius 3 is 2.59 bits per heavy atom. The van der Waals surface area contributed by atoms with Crippen LogP contribution >= 0.6 is 11.6 Å². The third kappa shape index (κ3) is 2.52. The fourth-order valence-corrected chi connectivity index (χ4v) is 2.30. The zero-order valence-corrected chi connectivity index (χ0v) is 9.95. The van der Waals surface area contributed by atoms with Crippen molar-refractivity contribution >= 4 is 17.7 Å². The van der Waals surface area contributed by atoms with Gasteiger partial charge in [0.2, 0.25) is 0 Å². The summed E-state index contributed by atoms with van der Waals surface area (Å²) in [6, 6.07) is 6.71. The van der Waals surface area contributed by atoms with Gasteiger partial charge >= 0.3 is 6.09 Å². The number of benzene rings is 1. The van der Waals surface area contributed by atoms with Crippen LogP contribution in [-0.4, -0.2) is 29.2 Å². The van der Waals surface area contributed by atoms with E-state index in [1.165, 1.54) is 4.90 Å². The summed E-state index contributed by atoms with van der Waals surface area (Å²) >= 11 is 5.83. The average molecular weight is 258 g/mol. The van der Waals surface area contributed by atoms with Crippen molar-refractivity contribution < 1.29 is 14.3 Å². The molecule has 1 aromatic rings. The van der Waals surface area contributed by atoms with E-state index >= 15 is 0 Å². The molecule has 1 aliphatic rings. The Morgan fingerprint density at radius 1 is 1.41 bits per heavy atom. The molecule has 1 aliphatic heterocycles. The van der Waals surface area contributed by atoms with E-state index in [9.17, 15) is 9.18 Å². The summed E-state index contributed by atoms with van der Waals surface area (Å²) in [5, 5.41) is 9.31. The second-order valence-electron chi connectivity index (χ2n) is 4.25. The summed E-state index contributed by atoms with van der Waals surface area (Å²) in [7, 11) is 0. The van der Waals surface area contributed by atoms with Crippen LogP contribution in [0.5, 0.6) is 0 Å². The number of piperidine rings is 1. The minimum absolute atomic E-state index is 0.180. The minimum atomic E-state index is -1.46. The van der Waals surface area contributed by atoms with Gasteiger partial charge in [-0.2, -0.15) is 0 Å². The summed E-state index contributed by atoms with van der Waals surface area (Å²) in [5.41, 5.74) is -0.924. The van der Waals surface area contributed by atoms with Gasteiger partial charge in [0.25, 0.3) is 0 Å². The van der Waals surface area contributed by atoms with Crippen LogP contribution in [0.3, 0.4) is 0 Å². The first kappa shape index (κ1) is 12.2. The first-order chi connectivity index (χ1) is 8.01. The van der Waals surface area contributed by atoms with Gasteiger partial charge in [-0.15, -0.1) is 0 Å². The number of alkyl halides is 1. The van der Waals surface area contributed by atoms with E-state index in [4.69, 9.17) is 16.7 Å². The van der Waals surface area contributed by atoms with Crippen LogP contribution in [0, 0.1) is 0 Å². The molecule has 5 heteroatoms. The standard InChI is InChI=1S/C12H13ClFNO2/c13-10-3-1-2-9(8-10)12(14)4-6-15(7-5-12)11(16)17/h1-3,8H,4-7H2,(H,16,17). The first-order valence-electron chi connectivity index (χ1n) is 5.44. The molecule has 1 fully saturated rings. The Labute approximate surface area is 104 Å². The molecule has 3 nitrogen and oxygen atoms in total. The maximum Gasteiger partial charge on any atom is 0.407 e. The van der Waals surface area contributed by atoms with Crippen molar-refractivity contribution in [3.8, 4) is 0 Å². The average Bonchev–Trinajstić information content (AvgIpc) is 2.29. The zero-order chi connectivity index (χ0) is 12.5. The third-order valence-corrected chi connectivity index (χ3v) is 3.40. The normalized spacial score (nSPS) is 19.1. The molecule has 1 N–H and O–H groups in total. The summed E-state index contributed by atoms with van der Waals surface area (Å²) in [5.74, 6) is 0. The molecule has 0 bridgehead atoms. The SMILES string of the molecule is O=C(O)N1CCC(F)(c2cccc(Cl)c2)CC1. The van der Waals surface area contributed by atoms with Crippen LogP contribution in [-0.2, 0) is 5.67 Å². The highest BCUT2D eigenvalue weighted by atomic mass is 35.5. The van der Waals surface area contributed by atoms with E-state index in [-0.39, 0.29) is 25.9 Å². The lowest BCUT2D eigenvalue weighted by Gasteiger charge is -2.35. The van der Waals surface area contributed by atoms with E-state index in [0.717, 1.165) is 0 Å². The zero-order valence-electron chi connectivity index (χ0n) is 9.20. The van der Waals surface area contributed by atoms with Crippen molar-refractivity contribution in [3.05, 3.63) is 34.9 Å². The van der Waals surface area contributed by atoms with E-state index in [1.807, 2.05) is 0 Å². The maximum atomic E-state index is 14.6. The lowest BCUT2D eigenvalue weighted by molar-refractivity contribution is 0.0552. The Balaban J connectivity index is 2.14. The molecule has 0 saturated carbocycles. The molecule has 0 unspecified atom stereocenters. The number of rotatable bonds is 1. The van der Waals surface area contributed by atoms with Crippen LogP contribution < -0.4 is 0 Å². The first-order valence-corrected chi connectivity index (χ1v) is 5.82. The number of halogens is 2. The van der Waals surface area contributed by atoms with Crippen LogP contribution in [0.1, 0.15) is 18.4 Å². The third-order valence-electron chi connectivity index (χ3n) is 3.17. The molecule has 1 amide bonds. The van der Waals surface area contributed by atoms with Crippen molar-refractivity contribution in [2.24, 2.45) is 0 Å². The lowest BCUT2D eigenvalue weighted by atomic mass is 9.86. The van der Waals surface area contributed by atoms with Gasteiger partial charge in [-0.1, -0.05) is 23.7 Å². The number of nitrogens with zero attached hydrogens (tertiary/aromatic N) is 1. The van der Waals surface area contributed by atoms with Gasteiger partial charge in [-0.25, -0.2) is 9.18 Å². The molecular weight excluding hydrogens is 245 g/mol. The number of carbonyl (C=O) groups is 1. The van der Waals surface area contributed by atoms with Gasteiger partial charge in [0.1, 0.15) is 5.67 Å². The molecule has 2 rings (SSSR count). The molecule has 1 aromatic carbocycles. The lowest BCUT2D eigenvalue weighted by Crippen LogP contribution is -2.42. The molecule has 1 saturated heterocycles. The van der Waals surface area contributed by atoms with Crippen LogP contribution in [0.2, 0.25) is 5.02 Å². The number of hydrogen-bond acceptors (Lipinski definition) is 1. The van der Waals surface area contributed by atoms with Gasteiger partial charge in [-0.3, -0.25) is 0 Å². The van der Waals surface area contributed by atoms with Crippen molar-refractivity contribution in [2.75, 3.05) is 13.1 Å². The molecule has 0 radical (unpaired) electrons. The highest BCUT2D eigenvalue weighted by Gasteiger charge is 2.37. The molecule has 0 atom stereocenters. The van der Waals surface area contributed by atoms with Gasteiger partial charge in [0, 0.05) is 31.0 Å². The highest BCUT2D eigenvalue weighted by molar-refractivity contribution is 6.30. The molecule has 0 spiro atoms. The number of amides is 1. The summed E-state index contributed by atoms with van der Waals surface area (Å²) in [6.07, 6.45) is -0.627. The Hall–Kier alpha value is -1.29. The van der Waals surface area contributed by atoms with Gasteiger partial charge in [0.05, 0.1) is 0 Å². The predicted molar refractivity (Wildman–Crippen MR) is 63.1 cm³/mol. The Bertz CT molecular complexity index is 430. The number of likely N-dealkylation sites (tertiary alicyclic amines) is 1.